The summed E-state index contributed by atoms with van der Waals surface area (Å²) >= 11 is 1.44. The fourth-order valence-corrected chi connectivity index (χ4v) is 5.22. The van der Waals surface area contributed by atoms with E-state index in [9.17, 15) is 21.6 Å². The summed E-state index contributed by atoms with van der Waals surface area (Å²) in [5.74, 6) is 0.385. The number of alkyl halides is 3. The lowest BCUT2D eigenvalue weighted by Gasteiger charge is -2.17. The van der Waals surface area contributed by atoms with Crippen LogP contribution >= 0.6 is 11.3 Å². The van der Waals surface area contributed by atoms with Gasteiger partial charge >= 0.3 is 6.18 Å². The van der Waals surface area contributed by atoms with Gasteiger partial charge in [-0.2, -0.15) is 17.5 Å². The largest absolute Gasteiger partial charge is 0.420 e. The molecule has 1 atom stereocenters. The first-order valence-corrected chi connectivity index (χ1v) is 10.6. The van der Waals surface area contributed by atoms with Gasteiger partial charge in [0.2, 0.25) is 15.9 Å². The van der Waals surface area contributed by atoms with Crippen LogP contribution in [0.25, 0.3) is 10.8 Å². The average Bonchev–Trinajstić information content (AvgIpc) is 3.40. The Hall–Kier alpha value is -2.24. The van der Waals surface area contributed by atoms with Crippen molar-refractivity contribution in [1.82, 2.24) is 14.5 Å². The van der Waals surface area contributed by atoms with Gasteiger partial charge in [-0.3, -0.25) is 0 Å². The maximum absolute atomic E-state index is 12.9. The van der Waals surface area contributed by atoms with Crippen LogP contribution in [-0.4, -0.2) is 36.0 Å². The molecule has 4 rings (SSSR count). The molecule has 28 heavy (non-hydrogen) atoms. The van der Waals surface area contributed by atoms with Gasteiger partial charge in [0, 0.05) is 13.1 Å². The lowest BCUT2D eigenvalue weighted by atomic mass is 10.1. The number of rotatable bonds is 4. The lowest BCUT2D eigenvalue weighted by Crippen LogP contribution is -2.29. The van der Waals surface area contributed by atoms with Crippen molar-refractivity contribution in [2.45, 2.75) is 23.4 Å². The fourth-order valence-electron chi connectivity index (χ4n) is 3.03. The van der Waals surface area contributed by atoms with E-state index in [0.29, 0.717) is 24.3 Å². The van der Waals surface area contributed by atoms with Gasteiger partial charge in [0.1, 0.15) is 0 Å². The number of benzene rings is 1. The number of nitrogens with zero attached hydrogens (tertiary/aromatic N) is 3. The average molecular weight is 429 g/mol. The number of aromatic nitrogens is 2. The van der Waals surface area contributed by atoms with E-state index in [1.165, 1.54) is 17.4 Å². The minimum Gasteiger partial charge on any atom is -0.420 e. The summed E-state index contributed by atoms with van der Waals surface area (Å²) in [6.45, 7) is 0.241. The van der Waals surface area contributed by atoms with E-state index in [0.717, 1.165) is 21.3 Å². The number of halogens is 3. The van der Waals surface area contributed by atoms with Crippen molar-refractivity contribution < 1.29 is 26.0 Å². The second-order valence-corrected chi connectivity index (χ2v) is 9.18. The van der Waals surface area contributed by atoms with Crippen molar-refractivity contribution in [3.8, 4) is 10.8 Å². The first-order valence-electron chi connectivity index (χ1n) is 8.30. The summed E-state index contributed by atoms with van der Waals surface area (Å²) in [6.07, 6.45) is -4.16. The molecule has 0 spiro atoms. The van der Waals surface area contributed by atoms with Crippen LogP contribution in [0, 0.1) is 0 Å². The van der Waals surface area contributed by atoms with E-state index >= 15 is 0 Å². The third kappa shape index (κ3) is 3.56. The maximum atomic E-state index is 12.9. The molecule has 11 heteroatoms. The maximum Gasteiger partial charge on any atom is 0.416 e. The van der Waals surface area contributed by atoms with Gasteiger partial charge in [0.05, 0.1) is 21.3 Å². The second kappa shape index (κ2) is 6.98. The molecule has 148 valence electrons. The highest BCUT2D eigenvalue weighted by Gasteiger charge is 2.37. The Morgan fingerprint density at radius 3 is 2.71 bits per heavy atom. The van der Waals surface area contributed by atoms with E-state index in [1.807, 2.05) is 17.5 Å². The van der Waals surface area contributed by atoms with Crippen LogP contribution in [0.4, 0.5) is 13.2 Å². The second-order valence-electron chi connectivity index (χ2n) is 6.30. The molecule has 1 saturated heterocycles. The van der Waals surface area contributed by atoms with Crippen molar-refractivity contribution in [1.29, 1.82) is 0 Å². The third-order valence-corrected chi connectivity index (χ3v) is 7.19. The summed E-state index contributed by atoms with van der Waals surface area (Å²) < 4.78 is 71.1. The lowest BCUT2D eigenvalue weighted by molar-refractivity contribution is -0.137. The zero-order valence-corrected chi connectivity index (χ0v) is 15.9. The molecule has 1 aliphatic heterocycles. The Bertz CT molecular complexity index is 1080. The molecule has 1 unspecified atom stereocenters. The van der Waals surface area contributed by atoms with Gasteiger partial charge in [0.25, 0.3) is 5.89 Å². The zero-order valence-electron chi connectivity index (χ0n) is 14.3. The molecule has 0 bridgehead atoms. The molecule has 0 aliphatic carbocycles. The molecule has 3 heterocycles. The summed E-state index contributed by atoms with van der Waals surface area (Å²) in [5.41, 5.74) is -0.998. The molecule has 2 aromatic heterocycles. The zero-order chi connectivity index (χ0) is 19.9. The number of hydrogen-bond acceptors (Lipinski definition) is 6. The van der Waals surface area contributed by atoms with E-state index in [-0.39, 0.29) is 23.9 Å². The highest BCUT2D eigenvalue weighted by atomic mass is 32.2. The van der Waals surface area contributed by atoms with Crippen LogP contribution in [0.2, 0.25) is 0 Å². The predicted octanol–water partition coefficient (Wildman–Crippen LogP) is 4.00. The van der Waals surface area contributed by atoms with Crippen molar-refractivity contribution >= 4 is 21.4 Å². The van der Waals surface area contributed by atoms with E-state index < -0.39 is 21.8 Å². The molecule has 0 radical (unpaired) electrons. The number of hydrogen-bond donors (Lipinski definition) is 0. The molecular formula is C17H14F3N3O3S2. The minimum absolute atomic E-state index is 0.0741. The van der Waals surface area contributed by atoms with Gasteiger partial charge in [0.15, 0.2) is 0 Å². The normalized spacial score (nSPS) is 18.6. The third-order valence-electron chi connectivity index (χ3n) is 4.47. The van der Waals surface area contributed by atoms with Crippen molar-refractivity contribution in [3.63, 3.8) is 0 Å². The minimum atomic E-state index is -4.61. The summed E-state index contributed by atoms with van der Waals surface area (Å²) in [7, 11) is -4.05. The Kier molecular flexibility index (Phi) is 4.76. The van der Waals surface area contributed by atoms with Crippen molar-refractivity contribution in [3.05, 3.63) is 53.2 Å². The predicted molar refractivity (Wildman–Crippen MR) is 95.2 cm³/mol. The Balaban J connectivity index is 1.54. The Morgan fingerprint density at radius 1 is 1.18 bits per heavy atom. The van der Waals surface area contributed by atoms with Gasteiger partial charge in [-0.1, -0.05) is 12.1 Å². The SMILES string of the molecule is O=S(=O)(c1cccc(C(F)(F)F)c1)N1CCC(c2nnc(-c3cccs3)o2)C1. The fraction of sp³-hybridized carbons (Fsp3) is 0.294. The highest BCUT2D eigenvalue weighted by Crippen LogP contribution is 2.34. The molecule has 0 amide bonds. The first kappa shape index (κ1) is 19.1. The molecule has 0 N–H and O–H groups in total. The number of sulfonamides is 1. The summed E-state index contributed by atoms with van der Waals surface area (Å²) in [4.78, 5) is 0.429. The van der Waals surface area contributed by atoms with Crippen LogP contribution in [0.1, 0.15) is 23.8 Å². The molecule has 0 saturated carbocycles. The summed E-state index contributed by atoms with van der Waals surface area (Å²) in [6, 6.07) is 7.44. The monoisotopic (exact) mass is 429 g/mol. The van der Waals surface area contributed by atoms with Crippen LogP contribution < -0.4 is 0 Å². The van der Waals surface area contributed by atoms with E-state index in [4.69, 9.17) is 4.42 Å². The number of thiophene rings is 1. The highest BCUT2D eigenvalue weighted by molar-refractivity contribution is 7.89. The quantitative estimate of drug-likeness (QED) is 0.627. The van der Waals surface area contributed by atoms with Gasteiger partial charge in [-0.15, -0.1) is 21.5 Å². The van der Waals surface area contributed by atoms with Crippen LogP contribution in [0.5, 0.6) is 0 Å². The van der Waals surface area contributed by atoms with Crippen LogP contribution in [-0.2, 0) is 16.2 Å². The smallest absolute Gasteiger partial charge is 0.416 e. The topological polar surface area (TPSA) is 76.3 Å². The van der Waals surface area contributed by atoms with Crippen molar-refractivity contribution in [2.24, 2.45) is 0 Å². The van der Waals surface area contributed by atoms with Gasteiger partial charge in [-0.05, 0) is 36.1 Å². The van der Waals surface area contributed by atoms with Gasteiger partial charge in [-0.25, -0.2) is 8.42 Å². The van der Waals surface area contributed by atoms with Crippen LogP contribution in [0.15, 0.2) is 51.1 Å². The van der Waals surface area contributed by atoms with Crippen LogP contribution in [0.3, 0.4) is 0 Å². The molecule has 3 aromatic rings. The van der Waals surface area contributed by atoms with Gasteiger partial charge < -0.3 is 4.42 Å². The first-order chi connectivity index (χ1) is 13.2. The van der Waals surface area contributed by atoms with E-state index in [2.05, 4.69) is 10.2 Å². The molecule has 1 aromatic carbocycles. The summed E-state index contributed by atoms with van der Waals surface area (Å²) in [5, 5.41) is 9.87. The van der Waals surface area contributed by atoms with Crippen molar-refractivity contribution in [2.75, 3.05) is 13.1 Å². The standard InChI is InChI=1S/C17H14F3N3O3S2/c18-17(19,20)12-3-1-4-13(9-12)28(24,25)23-7-6-11(10-23)15-21-22-16(26-15)14-5-2-8-27-14/h1-5,8-9,11H,6-7,10H2. The molecular weight excluding hydrogens is 415 g/mol. The van der Waals surface area contributed by atoms with E-state index in [1.54, 1.807) is 0 Å². The molecule has 6 nitrogen and oxygen atoms in total. The Morgan fingerprint density at radius 2 is 2.00 bits per heavy atom. The Labute approximate surface area is 162 Å². The molecule has 1 fully saturated rings. The molecule has 1 aliphatic rings.